The highest BCUT2D eigenvalue weighted by molar-refractivity contribution is 9.11. The van der Waals surface area contributed by atoms with Crippen molar-refractivity contribution in [3.63, 3.8) is 0 Å². The van der Waals surface area contributed by atoms with Crippen LogP contribution in [0.15, 0.2) is 57.9 Å². The fourth-order valence-electron chi connectivity index (χ4n) is 2.01. The summed E-state index contributed by atoms with van der Waals surface area (Å²) in [4.78, 5) is 21.0. The maximum Gasteiger partial charge on any atom is 0.214 e. The second kappa shape index (κ2) is 5.42. The van der Waals surface area contributed by atoms with Gasteiger partial charge in [-0.3, -0.25) is 14.8 Å². The predicted octanol–water partition coefficient (Wildman–Crippen LogP) is 4.39. The van der Waals surface area contributed by atoms with Crippen LogP contribution in [0, 0.1) is 0 Å². The van der Waals surface area contributed by atoms with Crippen LogP contribution in [0.25, 0.3) is 10.8 Å². The van der Waals surface area contributed by atoms with E-state index in [9.17, 15) is 4.79 Å². The molecule has 20 heavy (non-hydrogen) atoms. The molecule has 0 amide bonds. The molecule has 98 valence electrons. The van der Waals surface area contributed by atoms with Crippen molar-refractivity contribution in [2.45, 2.75) is 0 Å². The van der Waals surface area contributed by atoms with Crippen molar-refractivity contribution in [1.82, 2.24) is 9.97 Å². The summed E-state index contributed by atoms with van der Waals surface area (Å²) in [6.45, 7) is 0. The predicted molar refractivity (Wildman–Crippen MR) is 84.8 cm³/mol. The first-order valence-electron chi connectivity index (χ1n) is 5.85. The molecule has 3 rings (SSSR count). The number of halogens is 2. The highest BCUT2D eigenvalue weighted by atomic mass is 79.9. The van der Waals surface area contributed by atoms with Crippen molar-refractivity contribution in [3.8, 4) is 0 Å². The Hall–Kier alpha value is -1.59. The van der Waals surface area contributed by atoms with Gasteiger partial charge in [-0.25, -0.2) is 0 Å². The van der Waals surface area contributed by atoms with E-state index in [2.05, 4.69) is 41.8 Å². The van der Waals surface area contributed by atoms with Crippen molar-refractivity contribution in [2.24, 2.45) is 0 Å². The molecule has 1 aromatic carbocycles. The molecule has 0 atom stereocenters. The number of carbonyl (C=O) groups is 1. The summed E-state index contributed by atoms with van der Waals surface area (Å²) in [5.41, 5.74) is 0.935. The normalized spacial score (nSPS) is 10.7. The van der Waals surface area contributed by atoms with Crippen LogP contribution in [-0.4, -0.2) is 15.8 Å². The van der Waals surface area contributed by atoms with Gasteiger partial charge >= 0.3 is 0 Å². The van der Waals surface area contributed by atoms with Gasteiger partial charge in [0.25, 0.3) is 0 Å². The van der Waals surface area contributed by atoms with Crippen LogP contribution in [0.1, 0.15) is 16.1 Å². The summed E-state index contributed by atoms with van der Waals surface area (Å²) in [6.07, 6.45) is 4.94. The lowest BCUT2D eigenvalue weighted by atomic mass is 10.0. The maximum atomic E-state index is 12.6. The number of hydrogen-bond acceptors (Lipinski definition) is 3. The van der Waals surface area contributed by atoms with Crippen LogP contribution < -0.4 is 0 Å². The van der Waals surface area contributed by atoms with Crippen LogP contribution in [0.5, 0.6) is 0 Å². The zero-order chi connectivity index (χ0) is 14.1. The average molecular weight is 392 g/mol. The highest BCUT2D eigenvalue weighted by Crippen LogP contribution is 2.25. The summed E-state index contributed by atoms with van der Waals surface area (Å²) in [5, 5.41) is 1.82. The van der Waals surface area contributed by atoms with Gasteiger partial charge in [0.15, 0.2) is 0 Å². The number of rotatable bonds is 2. The Morgan fingerprint density at radius 1 is 1.05 bits per heavy atom. The molecule has 0 saturated heterocycles. The van der Waals surface area contributed by atoms with E-state index in [1.165, 1.54) is 0 Å². The summed E-state index contributed by atoms with van der Waals surface area (Å²) in [5.74, 6) is -0.145. The zero-order valence-corrected chi connectivity index (χ0v) is 13.3. The molecule has 0 saturated carbocycles. The Morgan fingerprint density at radius 2 is 1.85 bits per heavy atom. The molecule has 0 aliphatic carbocycles. The third-order valence-electron chi connectivity index (χ3n) is 2.94. The number of nitrogens with zero attached hydrogens (tertiary/aromatic N) is 2. The molecule has 0 radical (unpaired) electrons. The smallest absolute Gasteiger partial charge is 0.214 e. The van der Waals surface area contributed by atoms with E-state index >= 15 is 0 Å². The third kappa shape index (κ3) is 2.39. The van der Waals surface area contributed by atoms with Gasteiger partial charge in [-0.05, 0) is 43.3 Å². The van der Waals surface area contributed by atoms with Crippen molar-refractivity contribution in [1.29, 1.82) is 0 Å². The maximum absolute atomic E-state index is 12.6. The highest BCUT2D eigenvalue weighted by Gasteiger charge is 2.17. The molecule has 3 aromatic rings. The van der Waals surface area contributed by atoms with Gasteiger partial charge < -0.3 is 0 Å². The van der Waals surface area contributed by atoms with Gasteiger partial charge in [0.1, 0.15) is 5.69 Å². The van der Waals surface area contributed by atoms with Crippen LogP contribution >= 0.6 is 31.9 Å². The minimum Gasteiger partial charge on any atom is -0.287 e. The Kier molecular flexibility index (Phi) is 3.63. The van der Waals surface area contributed by atoms with Crippen molar-refractivity contribution < 1.29 is 4.79 Å². The Morgan fingerprint density at radius 3 is 2.65 bits per heavy atom. The molecule has 0 aliphatic heterocycles. The second-order valence-corrected chi connectivity index (χ2v) is 5.99. The van der Waals surface area contributed by atoms with Gasteiger partial charge in [-0.2, -0.15) is 0 Å². The van der Waals surface area contributed by atoms with Crippen molar-refractivity contribution in [3.05, 3.63) is 69.1 Å². The minimum absolute atomic E-state index is 0.145. The average Bonchev–Trinajstić information content (AvgIpc) is 2.46. The minimum atomic E-state index is -0.145. The first-order chi connectivity index (χ1) is 9.66. The lowest BCUT2D eigenvalue weighted by molar-refractivity contribution is 0.103. The van der Waals surface area contributed by atoms with Gasteiger partial charge in [0.05, 0.1) is 5.56 Å². The van der Waals surface area contributed by atoms with E-state index in [1.54, 1.807) is 24.7 Å². The van der Waals surface area contributed by atoms with Crippen LogP contribution in [-0.2, 0) is 0 Å². The molecular formula is C15H8Br2N2O. The monoisotopic (exact) mass is 390 g/mol. The number of fused-ring (bicyclic) bond motifs is 1. The van der Waals surface area contributed by atoms with Crippen molar-refractivity contribution in [2.75, 3.05) is 0 Å². The standard InChI is InChI=1S/C15H8Br2N2O/c16-10-5-13(17)14(19-7-10)15(20)12-8-18-6-9-3-1-2-4-11(9)12/h1-8H. The quantitative estimate of drug-likeness (QED) is 0.608. The summed E-state index contributed by atoms with van der Waals surface area (Å²) < 4.78 is 1.47. The zero-order valence-electron chi connectivity index (χ0n) is 10.2. The largest absolute Gasteiger partial charge is 0.287 e. The Bertz CT molecular complexity index is 813. The fourth-order valence-corrected chi connectivity index (χ4v) is 3.17. The second-order valence-electron chi connectivity index (χ2n) is 4.22. The van der Waals surface area contributed by atoms with Crippen LogP contribution in [0.4, 0.5) is 0 Å². The lowest BCUT2D eigenvalue weighted by Crippen LogP contribution is -2.06. The summed E-state index contributed by atoms with van der Waals surface area (Å²) in [6, 6.07) is 9.48. The Labute approximate surface area is 132 Å². The molecule has 0 N–H and O–H groups in total. The Balaban J connectivity index is 2.18. The SMILES string of the molecule is O=C(c1ncc(Br)cc1Br)c1cncc2ccccc12. The number of ketones is 1. The first kappa shape index (κ1) is 13.4. The van der Waals surface area contributed by atoms with E-state index in [0.717, 1.165) is 15.2 Å². The van der Waals surface area contributed by atoms with Crippen molar-refractivity contribution >= 4 is 48.4 Å². The van der Waals surface area contributed by atoms with E-state index in [-0.39, 0.29) is 5.78 Å². The number of aromatic nitrogens is 2. The van der Waals surface area contributed by atoms with E-state index < -0.39 is 0 Å². The topological polar surface area (TPSA) is 42.9 Å². The van der Waals surface area contributed by atoms with E-state index in [4.69, 9.17) is 0 Å². The molecule has 0 aliphatic rings. The molecule has 2 aromatic heterocycles. The van der Waals surface area contributed by atoms with Crippen LogP contribution in [0.2, 0.25) is 0 Å². The summed E-state index contributed by atoms with van der Waals surface area (Å²) in [7, 11) is 0. The molecule has 0 unspecified atom stereocenters. The molecule has 0 fully saturated rings. The number of pyridine rings is 2. The van der Waals surface area contributed by atoms with Crippen LogP contribution in [0.3, 0.4) is 0 Å². The lowest BCUT2D eigenvalue weighted by Gasteiger charge is -2.06. The molecule has 0 bridgehead atoms. The number of benzene rings is 1. The summed E-state index contributed by atoms with van der Waals surface area (Å²) >= 11 is 6.70. The molecule has 3 nitrogen and oxygen atoms in total. The van der Waals surface area contributed by atoms with Gasteiger partial charge in [-0.1, -0.05) is 24.3 Å². The molecule has 0 spiro atoms. The van der Waals surface area contributed by atoms with E-state index in [1.807, 2.05) is 24.3 Å². The number of carbonyl (C=O) groups excluding carboxylic acids is 1. The van der Waals surface area contributed by atoms with Gasteiger partial charge in [0.2, 0.25) is 5.78 Å². The molecular weight excluding hydrogens is 384 g/mol. The fraction of sp³-hybridized carbons (Fsp3) is 0. The molecule has 5 heteroatoms. The van der Waals surface area contributed by atoms with Gasteiger partial charge in [0, 0.05) is 32.9 Å². The number of hydrogen-bond donors (Lipinski definition) is 0. The first-order valence-corrected chi connectivity index (χ1v) is 7.44. The molecule has 2 heterocycles. The third-order valence-corrected chi connectivity index (χ3v) is 3.97. The van der Waals surface area contributed by atoms with E-state index in [0.29, 0.717) is 15.7 Å². The van der Waals surface area contributed by atoms with Gasteiger partial charge in [-0.15, -0.1) is 0 Å².